The van der Waals surface area contributed by atoms with E-state index in [1.807, 2.05) is 30.3 Å². The number of benzene rings is 2. The summed E-state index contributed by atoms with van der Waals surface area (Å²) in [6, 6.07) is 16.3. The number of nitrogens with one attached hydrogen (secondary N) is 1. The van der Waals surface area contributed by atoms with Gasteiger partial charge in [0, 0.05) is 25.4 Å². The van der Waals surface area contributed by atoms with Crippen LogP contribution in [-0.4, -0.2) is 28.6 Å². The molecule has 0 atom stereocenters. The van der Waals surface area contributed by atoms with Crippen molar-refractivity contribution in [2.75, 3.05) is 13.2 Å². The molecule has 0 unspecified atom stereocenters. The highest BCUT2D eigenvalue weighted by Gasteiger charge is 2.29. The number of imidazole rings is 1. The number of hydrogen-bond donors (Lipinski definition) is 1. The first-order valence-electron chi connectivity index (χ1n) is 10.1. The van der Waals surface area contributed by atoms with Crippen molar-refractivity contribution < 1.29 is 9.53 Å². The highest BCUT2D eigenvalue weighted by Crippen LogP contribution is 2.28. The van der Waals surface area contributed by atoms with Crippen LogP contribution in [0.3, 0.4) is 0 Å². The molecule has 1 aliphatic rings. The third-order valence-corrected chi connectivity index (χ3v) is 5.15. The van der Waals surface area contributed by atoms with Crippen LogP contribution in [0.25, 0.3) is 11.0 Å². The van der Waals surface area contributed by atoms with E-state index in [9.17, 15) is 4.79 Å². The van der Waals surface area contributed by atoms with Crippen LogP contribution < -0.4 is 10.1 Å². The number of amides is 1. The Kier molecular flexibility index (Phi) is 5.60. The molecule has 146 valence electrons. The lowest BCUT2D eigenvalue weighted by atomic mass is 10.2. The molecule has 4 rings (SSSR count). The lowest BCUT2D eigenvalue weighted by Gasteiger charge is -2.11. The van der Waals surface area contributed by atoms with Crippen molar-refractivity contribution in [3.8, 4) is 5.75 Å². The second-order valence-corrected chi connectivity index (χ2v) is 7.50. The van der Waals surface area contributed by atoms with E-state index in [4.69, 9.17) is 9.72 Å². The fourth-order valence-corrected chi connectivity index (χ4v) is 3.40. The Labute approximate surface area is 165 Å². The maximum Gasteiger partial charge on any atom is 0.223 e. The number of ether oxygens (including phenoxy) is 1. The maximum atomic E-state index is 11.9. The summed E-state index contributed by atoms with van der Waals surface area (Å²) in [6.07, 6.45) is 3.71. The Morgan fingerprint density at radius 1 is 1.18 bits per heavy atom. The van der Waals surface area contributed by atoms with Crippen molar-refractivity contribution >= 4 is 16.9 Å². The quantitative estimate of drug-likeness (QED) is 0.576. The molecule has 5 heteroatoms. The molecule has 28 heavy (non-hydrogen) atoms. The van der Waals surface area contributed by atoms with Gasteiger partial charge >= 0.3 is 0 Å². The van der Waals surface area contributed by atoms with E-state index in [2.05, 4.69) is 35.0 Å². The number of aromatic nitrogens is 2. The van der Waals surface area contributed by atoms with Gasteiger partial charge in [-0.1, -0.05) is 29.8 Å². The van der Waals surface area contributed by atoms with Gasteiger partial charge in [-0.3, -0.25) is 4.79 Å². The number of nitrogens with zero attached hydrogens (tertiary/aromatic N) is 2. The van der Waals surface area contributed by atoms with E-state index in [1.54, 1.807) is 0 Å². The molecule has 3 aromatic rings. The second-order valence-electron chi connectivity index (χ2n) is 7.50. The van der Waals surface area contributed by atoms with Crippen LogP contribution in [0.15, 0.2) is 48.5 Å². The van der Waals surface area contributed by atoms with Crippen LogP contribution in [0, 0.1) is 12.8 Å². The Hall–Kier alpha value is -2.82. The van der Waals surface area contributed by atoms with Gasteiger partial charge in [0.15, 0.2) is 0 Å². The largest absolute Gasteiger partial charge is 0.494 e. The molecule has 1 saturated carbocycles. The minimum atomic E-state index is 0.189. The van der Waals surface area contributed by atoms with Crippen molar-refractivity contribution in [1.82, 2.24) is 14.9 Å². The fraction of sp³-hybridized carbons (Fsp3) is 0.391. The van der Waals surface area contributed by atoms with Gasteiger partial charge in [-0.25, -0.2) is 4.98 Å². The van der Waals surface area contributed by atoms with Crippen LogP contribution >= 0.6 is 0 Å². The predicted octanol–water partition coefficient (Wildman–Crippen LogP) is 3.88. The zero-order chi connectivity index (χ0) is 19.3. The smallest absolute Gasteiger partial charge is 0.223 e. The lowest BCUT2D eigenvalue weighted by molar-refractivity contribution is -0.122. The molecule has 1 N–H and O–H groups in total. The number of hydrogen-bond acceptors (Lipinski definition) is 3. The molecular formula is C23H27N3O2. The first-order valence-corrected chi connectivity index (χ1v) is 10.1. The van der Waals surface area contributed by atoms with Crippen LogP contribution in [0.1, 0.15) is 30.7 Å². The standard InChI is InChI=1S/C23H27N3O2/c1-17-7-11-19(12-8-17)28-16-4-15-26-21-6-3-2-5-20(21)25-22(26)13-14-24-23(27)18-9-10-18/h2-3,5-8,11-12,18H,4,9-10,13-16H2,1H3,(H,24,27). The summed E-state index contributed by atoms with van der Waals surface area (Å²) in [5.41, 5.74) is 3.38. The maximum absolute atomic E-state index is 11.9. The lowest BCUT2D eigenvalue weighted by Crippen LogP contribution is -2.27. The molecule has 0 aliphatic heterocycles. The fourth-order valence-electron chi connectivity index (χ4n) is 3.40. The molecule has 0 radical (unpaired) electrons. The highest BCUT2D eigenvalue weighted by atomic mass is 16.5. The van der Waals surface area contributed by atoms with Crippen molar-refractivity contribution in [3.63, 3.8) is 0 Å². The van der Waals surface area contributed by atoms with Crippen molar-refractivity contribution in [2.24, 2.45) is 5.92 Å². The predicted molar refractivity (Wildman–Crippen MR) is 110 cm³/mol. The van der Waals surface area contributed by atoms with Gasteiger partial charge in [-0.05, 0) is 50.5 Å². The van der Waals surface area contributed by atoms with Gasteiger partial charge in [0.05, 0.1) is 17.6 Å². The first-order chi connectivity index (χ1) is 13.7. The van der Waals surface area contributed by atoms with E-state index in [0.717, 1.165) is 54.8 Å². The molecule has 0 spiro atoms. The Bertz CT molecular complexity index is 942. The van der Waals surface area contributed by atoms with E-state index < -0.39 is 0 Å². The number of aryl methyl sites for hydroxylation is 2. The summed E-state index contributed by atoms with van der Waals surface area (Å²) in [4.78, 5) is 16.7. The summed E-state index contributed by atoms with van der Waals surface area (Å²) in [6.45, 7) is 4.22. The molecule has 1 fully saturated rings. The SMILES string of the molecule is Cc1ccc(OCCCn2c(CCNC(=O)C3CC3)nc3ccccc32)cc1. The van der Waals surface area contributed by atoms with Gasteiger partial charge in [0.1, 0.15) is 11.6 Å². The molecular weight excluding hydrogens is 350 g/mol. The molecule has 2 aromatic carbocycles. The van der Waals surface area contributed by atoms with Gasteiger partial charge < -0.3 is 14.6 Å². The molecule has 0 bridgehead atoms. The molecule has 1 aliphatic carbocycles. The topological polar surface area (TPSA) is 56.1 Å². The van der Waals surface area contributed by atoms with Gasteiger partial charge in [0.25, 0.3) is 0 Å². The van der Waals surface area contributed by atoms with Crippen LogP contribution in [-0.2, 0) is 17.8 Å². The van der Waals surface area contributed by atoms with Crippen LogP contribution in [0.2, 0.25) is 0 Å². The molecule has 1 heterocycles. The summed E-state index contributed by atoms with van der Waals surface area (Å²) < 4.78 is 8.13. The van der Waals surface area contributed by atoms with Crippen molar-refractivity contribution in [2.45, 2.75) is 39.2 Å². The number of para-hydroxylation sites is 2. The number of carbonyl (C=O) groups is 1. The minimum absolute atomic E-state index is 0.189. The van der Waals surface area contributed by atoms with E-state index >= 15 is 0 Å². The van der Waals surface area contributed by atoms with Gasteiger partial charge in [-0.15, -0.1) is 0 Å². The third-order valence-electron chi connectivity index (χ3n) is 5.15. The summed E-state index contributed by atoms with van der Waals surface area (Å²) in [7, 11) is 0. The average molecular weight is 377 g/mol. The molecule has 1 aromatic heterocycles. The second kappa shape index (κ2) is 8.46. The first kappa shape index (κ1) is 18.5. The Morgan fingerprint density at radius 2 is 1.96 bits per heavy atom. The Morgan fingerprint density at radius 3 is 2.75 bits per heavy atom. The monoisotopic (exact) mass is 377 g/mol. The summed E-state index contributed by atoms with van der Waals surface area (Å²) in [5.74, 6) is 2.36. The van der Waals surface area contributed by atoms with Crippen LogP contribution in [0.4, 0.5) is 0 Å². The molecule has 1 amide bonds. The zero-order valence-electron chi connectivity index (χ0n) is 16.4. The van der Waals surface area contributed by atoms with Crippen molar-refractivity contribution in [3.05, 3.63) is 59.9 Å². The number of fused-ring (bicyclic) bond motifs is 1. The van der Waals surface area contributed by atoms with E-state index in [-0.39, 0.29) is 11.8 Å². The van der Waals surface area contributed by atoms with Crippen LogP contribution in [0.5, 0.6) is 5.75 Å². The highest BCUT2D eigenvalue weighted by molar-refractivity contribution is 5.80. The molecule has 5 nitrogen and oxygen atoms in total. The van der Waals surface area contributed by atoms with Gasteiger partial charge in [-0.2, -0.15) is 0 Å². The van der Waals surface area contributed by atoms with E-state index in [0.29, 0.717) is 13.2 Å². The summed E-state index contributed by atoms with van der Waals surface area (Å²) in [5, 5.41) is 3.04. The normalized spacial score (nSPS) is 13.6. The Balaban J connectivity index is 1.36. The third kappa shape index (κ3) is 4.53. The summed E-state index contributed by atoms with van der Waals surface area (Å²) >= 11 is 0. The van der Waals surface area contributed by atoms with Gasteiger partial charge in [0.2, 0.25) is 5.91 Å². The number of carbonyl (C=O) groups excluding carboxylic acids is 1. The number of rotatable bonds is 9. The zero-order valence-corrected chi connectivity index (χ0v) is 16.4. The molecule has 0 saturated heterocycles. The van der Waals surface area contributed by atoms with Crippen molar-refractivity contribution in [1.29, 1.82) is 0 Å². The minimum Gasteiger partial charge on any atom is -0.494 e. The average Bonchev–Trinajstić information content (AvgIpc) is 3.50. The van der Waals surface area contributed by atoms with E-state index in [1.165, 1.54) is 5.56 Å².